The van der Waals surface area contributed by atoms with Crippen molar-refractivity contribution >= 4 is 5.82 Å². The van der Waals surface area contributed by atoms with Crippen LogP contribution in [0, 0.1) is 0 Å². The van der Waals surface area contributed by atoms with Gasteiger partial charge < -0.3 is 10.1 Å². The summed E-state index contributed by atoms with van der Waals surface area (Å²) in [5, 5.41) is 12.3. The summed E-state index contributed by atoms with van der Waals surface area (Å²) in [4.78, 5) is 21.6. The summed E-state index contributed by atoms with van der Waals surface area (Å²) >= 11 is 0. The van der Waals surface area contributed by atoms with Crippen molar-refractivity contribution in [3.05, 3.63) is 58.5 Å². The van der Waals surface area contributed by atoms with Gasteiger partial charge >= 0.3 is 0 Å². The van der Waals surface area contributed by atoms with E-state index in [1.165, 1.54) is 22.7 Å². The molecule has 9 nitrogen and oxygen atoms in total. The van der Waals surface area contributed by atoms with Gasteiger partial charge in [-0.05, 0) is 37.8 Å². The van der Waals surface area contributed by atoms with Crippen LogP contribution in [0.4, 0.5) is 5.82 Å². The molecular formula is C20H23N7O2. The SMILES string of the molecule is O=c1ccc(-n2cccn2)nn1C1COCC1Nc1ncnc2c1CCCCC2. The first-order chi connectivity index (χ1) is 14.3. The molecule has 0 spiro atoms. The summed E-state index contributed by atoms with van der Waals surface area (Å²) in [7, 11) is 0. The molecule has 150 valence electrons. The Hall–Kier alpha value is -3.07. The lowest BCUT2D eigenvalue weighted by Gasteiger charge is -2.22. The molecule has 2 aliphatic rings. The van der Waals surface area contributed by atoms with E-state index in [1.54, 1.807) is 29.5 Å². The third-order valence-corrected chi connectivity index (χ3v) is 5.61. The number of ether oxygens (including phenoxy) is 1. The first-order valence-corrected chi connectivity index (χ1v) is 10.1. The molecule has 1 N–H and O–H groups in total. The molecule has 1 saturated heterocycles. The van der Waals surface area contributed by atoms with Crippen LogP contribution in [0.15, 0.2) is 41.7 Å². The van der Waals surface area contributed by atoms with Crippen LogP contribution in [0.2, 0.25) is 0 Å². The van der Waals surface area contributed by atoms with Crippen LogP contribution < -0.4 is 10.9 Å². The lowest BCUT2D eigenvalue weighted by Crippen LogP contribution is -2.38. The first-order valence-electron chi connectivity index (χ1n) is 10.1. The molecule has 9 heteroatoms. The van der Waals surface area contributed by atoms with Crippen LogP contribution in [0.5, 0.6) is 0 Å². The predicted octanol–water partition coefficient (Wildman–Crippen LogP) is 1.54. The third kappa shape index (κ3) is 3.53. The van der Waals surface area contributed by atoms with Crippen molar-refractivity contribution in [2.45, 2.75) is 44.2 Å². The van der Waals surface area contributed by atoms with Gasteiger partial charge in [-0.25, -0.2) is 19.3 Å². The molecule has 1 aliphatic carbocycles. The van der Waals surface area contributed by atoms with Crippen LogP contribution in [0.3, 0.4) is 0 Å². The molecule has 3 aromatic rings. The summed E-state index contributed by atoms with van der Waals surface area (Å²) in [5.74, 6) is 1.45. The maximum Gasteiger partial charge on any atom is 0.267 e. The van der Waals surface area contributed by atoms with Crippen LogP contribution in [0.25, 0.3) is 5.82 Å². The van der Waals surface area contributed by atoms with E-state index < -0.39 is 0 Å². The average Bonchev–Trinajstić information content (AvgIpc) is 3.37. The Morgan fingerprint density at radius 2 is 2.03 bits per heavy atom. The molecule has 0 bridgehead atoms. The van der Waals surface area contributed by atoms with Gasteiger partial charge in [-0.3, -0.25) is 4.79 Å². The fraction of sp³-hybridized carbons (Fsp3) is 0.450. The molecule has 3 aromatic heterocycles. The fourth-order valence-corrected chi connectivity index (χ4v) is 4.10. The minimum atomic E-state index is -0.227. The average molecular weight is 393 g/mol. The highest BCUT2D eigenvalue weighted by molar-refractivity contribution is 5.47. The molecule has 2 unspecified atom stereocenters. The second kappa shape index (κ2) is 7.75. The van der Waals surface area contributed by atoms with Gasteiger partial charge in [-0.1, -0.05) is 6.42 Å². The van der Waals surface area contributed by atoms with Gasteiger partial charge in [0, 0.05) is 29.7 Å². The maximum atomic E-state index is 12.6. The third-order valence-electron chi connectivity index (χ3n) is 5.61. The smallest absolute Gasteiger partial charge is 0.267 e. The normalized spacial score (nSPS) is 21.5. The van der Waals surface area contributed by atoms with Gasteiger partial charge in [0.2, 0.25) is 0 Å². The van der Waals surface area contributed by atoms with Gasteiger partial charge in [0.05, 0.1) is 19.3 Å². The van der Waals surface area contributed by atoms with Gasteiger partial charge in [0.1, 0.15) is 18.2 Å². The molecule has 0 aromatic carbocycles. The van der Waals surface area contributed by atoms with Crippen molar-refractivity contribution in [3.63, 3.8) is 0 Å². The molecular weight excluding hydrogens is 370 g/mol. The molecule has 4 heterocycles. The fourth-order valence-electron chi connectivity index (χ4n) is 4.10. The Labute approximate surface area is 167 Å². The minimum Gasteiger partial charge on any atom is -0.377 e. The quantitative estimate of drug-likeness (QED) is 0.671. The van der Waals surface area contributed by atoms with Crippen molar-refractivity contribution in [1.82, 2.24) is 29.5 Å². The van der Waals surface area contributed by atoms with Crippen LogP contribution >= 0.6 is 0 Å². The van der Waals surface area contributed by atoms with Crippen molar-refractivity contribution in [3.8, 4) is 5.82 Å². The van der Waals surface area contributed by atoms with E-state index in [0.29, 0.717) is 19.0 Å². The Balaban J connectivity index is 1.45. The van der Waals surface area contributed by atoms with Crippen LogP contribution in [0.1, 0.15) is 36.6 Å². The summed E-state index contributed by atoms with van der Waals surface area (Å²) < 4.78 is 8.86. The number of anilines is 1. The molecule has 5 rings (SSSR count). The second-order valence-electron chi connectivity index (χ2n) is 7.49. The summed E-state index contributed by atoms with van der Waals surface area (Å²) in [6.45, 7) is 0.907. The number of hydrogen-bond donors (Lipinski definition) is 1. The van der Waals surface area contributed by atoms with E-state index in [0.717, 1.165) is 37.2 Å². The van der Waals surface area contributed by atoms with E-state index in [9.17, 15) is 4.79 Å². The predicted molar refractivity (Wildman–Crippen MR) is 106 cm³/mol. The molecule has 0 radical (unpaired) electrons. The molecule has 0 amide bonds. The summed E-state index contributed by atoms with van der Waals surface area (Å²) in [6, 6.07) is 4.69. The Morgan fingerprint density at radius 3 is 2.93 bits per heavy atom. The van der Waals surface area contributed by atoms with Crippen molar-refractivity contribution in [2.24, 2.45) is 0 Å². The minimum absolute atomic E-state index is 0.102. The molecule has 2 atom stereocenters. The zero-order valence-corrected chi connectivity index (χ0v) is 16.1. The van der Waals surface area contributed by atoms with E-state index in [2.05, 4.69) is 25.5 Å². The van der Waals surface area contributed by atoms with E-state index in [-0.39, 0.29) is 17.6 Å². The highest BCUT2D eigenvalue weighted by Crippen LogP contribution is 2.27. The van der Waals surface area contributed by atoms with Gasteiger partial charge in [0.25, 0.3) is 5.56 Å². The zero-order valence-electron chi connectivity index (χ0n) is 16.1. The number of rotatable bonds is 4. The zero-order chi connectivity index (χ0) is 19.6. The Bertz CT molecular complexity index is 1050. The van der Waals surface area contributed by atoms with E-state index in [4.69, 9.17) is 4.74 Å². The standard InChI is InChI=1S/C20H23N7O2/c28-19-8-7-18(26-10-4-9-23-26)25-27(19)17-12-29-11-16(17)24-20-14-5-2-1-3-6-15(14)21-13-22-20/h4,7-10,13,16-17H,1-3,5-6,11-12H2,(H,21,22,24). The van der Waals surface area contributed by atoms with Crippen molar-refractivity contribution < 1.29 is 4.74 Å². The number of nitrogens with zero attached hydrogens (tertiary/aromatic N) is 6. The van der Waals surface area contributed by atoms with Gasteiger partial charge in [-0.15, -0.1) is 5.10 Å². The second-order valence-corrected chi connectivity index (χ2v) is 7.49. The highest BCUT2D eigenvalue weighted by Gasteiger charge is 2.32. The van der Waals surface area contributed by atoms with Crippen molar-refractivity contribution in [2.75, 3.05) is 18.5 Å². The lowest BCUT2D eigenvalue weighted by molar-refractivity contribution is 0.182. The van der Waals surface area contributed by atoms with Crippen LogP contribution in [-0.2, 0) is 17.6 Å². The first kappa shape index (κ1) is 18.0. The molecule has 1 aliphatic heterocycles. The van der Waals surface area contributed by atoms with Crippen molar-refractivity contribution in [1.29, 1.82) is 0 Å². The Morgan fingerprint density at radius 1 is 1.10 bits per heavy atom. The number of nitrogens with one attached hydrogen (secondary N) is 1. The van der Waals surface area contributed by atoms with Gasteiger partial charge in [-0.2, -0.15) is 5.10 Å². The number of fused-ring (bicyclic) bond motifs is 1. The highest BCUT2D eigenvalue weighted by atomic mass is 16.5. The Kier molecular flexibility index (Phi) is 4.81. The van der Waals surface area contributed by atoms with Gasteiger partial charge in [0.15, 0.2) is 5.82 Å². The maximum absolute atomic E-state index is 12.6. The number of aryl methyl sites for hydroxylation is 1. The lowest BCUT2D eigenvalue weighted by atomic mass is 10.1. The summed E-state index contributed by atoms with van der Waals surface area (Å²) in [6.07, 6.45) is 10.6. The van der Waals surface area contributed by atoms with Crippen LogP contribution in [-0.4, -0.2) is 48.8 Å². The number of hydrogen-bond acceptors (Lipinski definition) is 7. The summed E-state index contributed by atoms with van der Waals surface area (Å²) in [5.41, 5.74) is 2.16. The molecule has 0 saturated carbocycles. The molecule has 29 heavy (non-hydrogen) atoms. The van der Waals surface area contributed by atoms with E-state index >= 15 is 0 Å². The number of aromatic nitrogens is 6. The largest absolute Gasteiger partial charge is 0.377 e. The molecule has 1 fully saturated rings. The topological polar surface area (TPSA) is 99.8 Å². The monoisotopic (exact) mass is 393 g/mol. The van der Waals surface area contributed by atoms with E-state index in [1.807, 2.05) is 6.07 Å².